The summed E-state index contributed by atoms with van der Waals surface area (Å²) in [6.07, 6.45) is -5.17. The lowest BCUT2D eigenvalue weighted by molar-refractivity contribution is -0.176. The number of hydrogen-bond acceptors (Lipinski definition) is 5. The van der Waals surface area contributed by atoms with Gasteiger partial charge in [-0.15, -0.1) is 0 Å². The Bertz CT molecular complexity index is 1300. The fraction of sp³-hybridized carbons (Fsp3) is 0.607. The number of benzene rings is 1. The standard InChI is InChI=1S/C28H34F3N5O4/c1-13-8-7-9-17-18(13)15(22(37)34-17)10-14(11-32)33-23(38)20-19-16(27(19,5)6)12-36(20)24(39)21(26(2,3)4)35-25(40)28(29,30)31/h7-9,14-16,19-21H,10,12H2,1-6H3,(H,33,38)(H,34,37)(H,35,40)/t14-,15?,16-,19+,20-,21+/m0/s1. The van der Waals surface area contributed by atoms with Crippen molar-refractivity contribution in [2.45, 2.75) is 78.2 Å². The molecule has 3 aliphatic rings. The van der Waals surface area contributed by atoms with Crippen LogP contribution in [-0.2, 0) is 19.2 Å². The molecule has 4 rings (SSSR count). The third-order valence-corrected chi connectivity index (χ3v) is 8.60. The van der Waals surface area contributed by atoms with E-state index in [9.17, 15) is 37.6 Å². The molecule has 0 spiro atoms. The average Bonchev–Trinajstić information content (AvgIpc) is 3.15. The van der Waals surface area contributed by atoms with Gasteiger partial charge in [0.25, 0.3) is 0 Å². The number of piperidine rings is 1. The predicted molar refractivity (Wildman–Crippen MR) is 138 cm³/mol. The van der Waals surface area contributed by atoms with Crippen molar-refractivity contribution in [3.8, 4) is 6.07 Å². The van der Waals surface area contributed by atoms with E-state index in [1.807, 2.05) is 44.3 Å². The largest absolute Gasteiger partial charge is 0.471 e. The molecule has 0 radical (unpaired) electrons. The number of nitriles is 1. The summed E-state index contributed by atoms with van der Waals surface area (Å²) in [4.78, 5) is 53.0. The number of nitrogens with one attached hydrogen (secondary N) is 3. The molecule has 40 heavy (non-hydrogen) atoms. The first kappa shape index (κ1) is 29.4. The molecule has 12 heteroatoms. The fourth-order valence-corrected chi connectivity index (χ4v) is 6.31. The highest BCUT2D eigenvalue weighted by Gasteiger charge is 2.70. The summed E-state index contributed by atoms with van der Waals surface area (Å²) in [6, 6.07) is 3.83. The van der Waals surface area contributed by atoms with E-state index in [0.717, 1.165) is 11.1 Å². The van der Waals surface area contributed by atoms with Gasteiger partial charge in [-0.05, 0) is 53.2 Å². The Morgan fingerprint density at radius 3 is 2.42 bits per heavy atom. The summed E-state index contributed by atoms with van der Waals surface area (Å²) in [7, 11) is 0. The van der Waals surface area contributed by atoms with Crippen molar-refractivity contribution in [3.63, 3.8) is 0 Å². The van der Waals surface area contributed by atoms with E-state index in [-0.39, 0.29) is 36.1 Å². The maximum atomic E-state index is 13.7. The van der Waals surface area contributed by atoms with Gasteiger partial charge in [0.15, 0.2) is 0 Å². The highest BCUT2D eigenvalue weighted by molar-refractivity contribution is 6.03. The van der Waals surface area contributed by atoms with Crippen LogP contribution >= 0.6 is 0 Å². The summed E-state index contributed by atoms with van der Waals surface area (Å²) >= 11 is 0. The number of nitrogens with zero attached hydrogens (tertiary/aromatic N) is 2. The van der Waals surface area contributed by atoms with Crippen molar-refractivity contribution in [2.75, 3.05) is 11.9 Å². The third-order valence-electron chi connectivity index (χ3n) is 8.60. The molecule has 1 aliphatic carbocycles. The second-order valence-corrected chi connectivity index (χ2v) is 12.7. The average molecular weight is 562 g/mol. The second kappa shape index (κ2) is 9.78. The van der Waals surface area contributed by atoms with Gasteiger partial charge in [0, 0.05) is 12.2 Å². The van der Waals surface area contributed by atoms with Crippen molar-refractivity contribution in [1.29, 1.82) is 5.26 Å². The molecule has 0 aromatic heterocycles. The lowest BCUT2D eigenvalue weighted by atomic mass is 9.85. The van der Waals surface area contributed by atoms with E-state index in [2.05, 4.69) is 10.6 Å². The normalized spacial score (nSPS) is 26.1. The minimum Gasteiger partial charge on any atom is -0.339 e. The van der Waals surface area contributed by atoms with Crippen LogP contribution in [0.3, 0.4) is 0 Å². The first-order chi connectivity index (χ1) is 18.4. The molecular weight excluding hydrogens is 527 g/mol. The number of anilines is 1. The van der Waals surface area contributed by atoms with Crippen LogP contribution in [0.2, 0.25) is 0 Å². The lowest BCUT2D eigenvalue weighted by Gasteiger charge is -2.37. The van der Waals surface area contributed by atoms with Gasteiger partial charge >= 0.3 is 12.1 Å². The fourth-order valence-electron chi connectivity index (χ4n) is 6.31. The first-order valence-corrected chi connectivity index (χ1v) is 13.2. The highest BCUT2D eigenvalue weighted by Crippen LogP contribution is 2.65. The Kier molecular flexibility index (Phi) is 7.18. The Labute approximate surface area is 230 Å². The van der Waals surface area contributed by atoms with Gasteiger partial charge in [-0.1, -0.05) is 46.8 Å². The van der Waals surface area contributed by atoms with E-state index in [0.29, 0.717) is 5.69 Å². The minimum absolute atomic E-state index is 0.0103. The van der Waals surface area contributed by atoms with Crippen molar-refractivity contribution in [1.82, 2.24) is 15.5 Å². The van der Waals surface area contributed by atoms with Crippen LogP contribution in [0.25, 0.3) is 0 Å². The Morgan fingerprint density at radius 2 is 1.85 bits per heavy atom. The van der Waals surface area contributed by atoms with E-state index >= 15 is 0 Å². The molecule has 216 valence electrons. The van der Waals surface area contributed by atoms with Gasteiger partial charge < -0.3 is 20.9 Å². The van der Waals surface area contributed by atoms with Gasteiger partial charge in [0.05, 0.1) is 12.0 Å². The zero-order valence-corrected chi connectivity index (χ0v) is 23.3. The van der Waals surface area contributed by atoms with Crippen molar-refractivity contribution >= 4 is 29.3 Å². The number of carbonyl (C=O) groups excluding carboxylic acids is 4. The lowest BCUT2D eigenvalue weighted by Crippen LogP contribution is -2.61. The van der Waals surface area contributed by atoms with Crippen LogP contribution in [0.4, 0.5) is 18.9 Å². The molecule has 3 N–H and O–H groups in total. The summed E-state index contributed by atoms with van der Waals surface area (Å²) in [5.41, 5.74) is 0.902. The van der Waals surface area contributed by atoms with Crippen LogP contribution in [0.5, 0.6) is 0 Å². The van der Waals surface area contributed by atoms with Gasteiger partial charge in [0.2, 0.25) is 17.7 Å². The number of hydrogen-bond donors (Lipinski definition) is 3. The number of aryl methyl sites for hydroxylation is 1. The number of carbonyl (C=O) groups is 4. The van der Waals surface area contributed by atoms with Gasteiger partial charge in [-0.25, -0.2) is 0 Å². The maximum absolute atomic E-state index is 13.7. The predicted octanol–water partition coefficient (Wildman–Crippen LogP) is 3.01. The van der Waals surface area contributed by atoms with Crippen molar-refractivity contribution in [3.05, 3.63) is 29.3 Å². The molecular formula is C28H34F3N5O4. The molecule has 1 unspecified atom stereocenters. The zero-order chi connectivity index (χ0) is 29.9. The molecule has 1 aromatic carbocycles. The number of rotatable bonds is 6. The van der Waals surface area contributed by atoms with Crippen LogP contribution in [0, 0.1) is 40.9 Å². The Balaban J connectivity index is 1.56. The summed E-state index contributed by atoms with van der Waals surface area (Å²) < 4.78 is 39.1. The first-order valence-electron chi connectivity index (χ1n) is 13.2. The van der Waals surface area contributed by atoms with Crippen LogP contribution in [0.1, 0.15) is 58.1 Å². The third kappa shape index (κ3) is 5.13. The number of fused-ring (bicyclic) bond motifs is 2. The SMILES string of the molecule is Cc1cccc2c1C(C[C@@H](C#N)NC(=O)[C@@H]1[C@H]3[C@H](CN1C(=O)[C@@H](NC(=O)C(F)(F)F)C(C)(C)C)C3(C)C)C(=O)N2. The summed E-state index contributed by atoms with van der Waals surface area (Å²) in [6.45, 7) is 10.5. The van der Waals surface area contributed by atoms with Crippen molar-refractivity contribution < 1.29 is 32.3 Å². The van der Waals surface area contributed by atoms with E-state index in [1.54, 1.807) is 6.07 Å². The van der Waals surface area contributed by atoms with Gasteiger partial charge in [-0.3, -0.25) is 19.2 Å². The number of likely N-dealkylation sites (tertiary alicyclic amines) is 1. The quantitative estimate of drug-likeness (QED) is 0.492. The highest BCUT2D eigenvalue weighted by atomic mass is 19.4. The van der Waals surface area contributed by atoms with E-state index in [1.165, 1.54) is 25.7 Å². The molecule has 2 aliphatic heterocycles. The summed E-state index contributed by atoms with van der Waals surface area (Å²) in [5, 5.41) is 17.2. The Hall–Kier alpha value is -3.62. The van der Waals surface area contributed by atoms with Crippen LogP contribution < -0.4 is 16.0 Å². The maximum Gasteiger partial charge on any atom is 0.471 e. The monoisotopic (exact) mass is 561 g/mol. The molecule has 0 bridgehead atoms. The molecule has 1 saturated heterocycles. The van der Waals surface area contributed by atoms with E-state index in [4.69, 9.17) is 0 Å². The second-order valence-electron chi connectivity index (χ2n) is 12.7. The zero-order valence-electron chi connectivity index (χ0n) is 23.3. The summed E-state index contributed by atoms with van der Waals surface area (Å²) in [5.74, 6) is -4.92. The smallest absolute Gasteiger partial charge is 0.339 e. The number of amides is 4. The van der Waals surface area contributed by atoms with Gasteiger partial charge in [0.1, 0.15) is 18.1 Å². The topological polar surface area (TPSA) is 131 Å². The number of alkyl halides is 3. The molecule has 1 saturated carbocycles. The Morgan fingerprint density at radius 1 is 1.20 bits per heavy atom. The van der Waals surface area contributed by atoms with Crippen LogP contribution in [-0.4, -0.2) is 59.4 Å². The van der Waals surface area contributed by atoms with E-state index < -0.39 is 53.4 Å². The molecule has 9 nitrogen and oxygen atoms in total. The number of halogens is 3. The van der Waals surface area contributed by atoms with Gasteiger partial charge in [-0.2, -0.15) is 18.4 Å². The van der Waals surface area contributed by atoms with Crippen molar-refractivity contribution in [2.24, 2.45) is 22.7 Å². The minimum atomic E-state index is -5.18. The molecule has 4 amide bonds. The molecule has 1 aromatic rings. The molecule has 6 atom stereocenters. The molecule has 2 fully saturated rings. The van der Waals surface area contributed by atoms with Crippen LogP contribution in [0.15, 0.2) is 18.2 Å². The molecule has 2 heterocycles.